The molecule has 0 bridgehead atoms. The number of nitrogens with one attached hydrogen (secondary N) is 3. The normalized spacial score (nSPS) is 18.1. The highest BCUT2D eigenvalue weighted by Gasteiger charge is 2.18. The van der Waals surface area contributed by atoms with Crippen LogP contribution in [0.15, 0.2) is 18.2 Å². The summed E-state index contributed by atoms with van der Waals surface area (Å²) in [6, 6.07) is 5.14. The second-order valence-corrected chi connectivity index (χ2v) is 4.57. The third kappa shape index (κ3) is 3.23. The quantitative estimate of drug-likeness (QED) is 0.486. The molecular weight excluding hydrogens is 244 g/mol. The van der Waals surface area contributed by atoms with Crippen LogP contribution in [0.5, 0.6) is 0 Å². The van der Waals surface area contributed by atoms with E-state index < -0.39 is 0 Å². The minimum Gasteiger partial charge on any atom is -0.384 e. The summed E-state index contributed by atoms with van der Waals surface area (Å²) in [4.78, 5) is 11.9. The number of amidine groups is 1. The van der Waals surface area contributed by atoms with E-state index in [1.165, 1.54) is 0 Å². The molecule has 1 saturated heterocycles. The number of aryl methyl sites for hydroxylation is 1. The summed E-state index contributed by atoms with van der Waals surface area (Å²) in [5.74, 6) is -0.0578. The summed E-state index contributed by atoms with van der Waals surface area (Å²) >= 11 is 0. The van der Waals surface area contributed by atoms with Gasteiger partial charge in [0.2, 0.25) is 0 Å². The lowest BCUT2D eigenvalue weighted by atomic mass is 10.1. The van der Waals surface area contributed by atoms with Gasteiger partial charge >= 0.3 is 6.03 Å². The zero-order valence-corrected chi connectivity index (χ0v) is 10.8. The molecule has 2 rings (SSSR count). The Hall–Kier alpha value is -2.08. The third-order valence-electron chi connectivity index (χ3n) is 3.06. The Balaban J connectivity index is 2.07. The van der Waals surface area contributed by atoms with E-state index >= 15 is 0 Å². The Morgan fingerprint density at radius 2 is 2.32 bits per heavy atom. The molecule has 0 aromatic heterocycles. The fourth-order valence-electron chi connectivity index (χ4n) is 2.12. The summed E-state index contributed by atoms with van der Waals surface area (Å²) in [6.45, 7) is 3.07. The number of hydrogen-bond acceptors (Lipinski definition) is 3. The second kappa shape index (κ2) is 5.71. The average Bonchev–Trinajstić information content (AvgIpc) is 2.81. The third-order valence-corrected chi connectivity index (χ3v) is 3.06. The van der Waals surface area contributed by atoms with E-state index in [4.69, 9.17) is 15.9 Å². The van der Waals surface area contributed by atoms with Crippen LogP contribution in [-0.4, -0.2) is 31.1 Å². The smallest absolute Gasteiger partial charge is 0.319 e. The zero-order valence-electron chi connectivity index (χ0n) is 10.8. The standard InChI is InChI=1S/C13H18N4O2/c1-8-3-2-4-10(11(8)12(14)15)17-13(18)16-9-5-6-19-7-9/h2-4,9H,5-7H2,1H3,(H3,14,15)(H2,16,17,18). The van der Waals surface area contributed by atoms with E-state index in [9.17, 15) is 4.79 Å². The van der Waals surface area contributed by atoms with Crippen molar-refractivity contribution in [2.45, 2.75) is 19.4 Å². The summed E-state index contributed by atoms with van der Waals surface area (Å²) in [5.41, 5.74) is 7.50. The van der Waals surface area contributed by atoms with Crippen molar-refractivity contribution in [2.75, 3.05) is 18.5 Å². The number of hydrogen-bond donors (Lipinski definition) is 4. The van der Waals surface area contributed by atoms with Crippen molar-refractivity contribution in [3.63, 3.8) is 0 Å². The molecule has 5 N–H and O–H groups in total. The Bertz CT molecular complexity index is 495. The molecule has 102 valence electrons. The molecule has 1 fully saturated rings. The predicted molar refractivity (Wildman–Crippen MR) is 73.6 cm³/mol. The van der Waals surface area contributed by atoms with Crippen LogP contribution in [0.4, 0.5) is 10.5 Å². The highest BCUT2D eigenvalue weighted by atomic mass is 16.5. The Kier molecular flexibility index (Phi) is 4.01. The Morgan fingerprint density at radius 3 is 2.95 bits per heavy atom. The molecule has 2 amide bonds. The number of nitrogen functional groups attached to an aromatic ring is 1. The number of amides is 2. The molecule has 0 saturated carbocycles. The van der Waals surface area contributed by atoms with Gasteiger partial charge in [0.05, 0.1) is 18.3 Å². The van der Waals surface area contributed by atoms with Crippen molar-refractivity contribution in [2.24, 2.45) is 5.73 Å². The number of benzene rings is 1. The number of carbonyl (C=O) groups is 1. The molecule has 1 aliphatic rings. The van der Waals surface area contributed by atoms with Crippen molar-refractivity contribution in [3.05, 3.63) is 29.3 Å². The summed E-state index contributed by atoms with van der Waals surface area (Å²) in [7, 11) is 0. The molecule has 6 heteroatoms. The number of rotatable bonds is 3. The van der Waals surface area contributed by atoms with Gasteiger partial charge in [0.15, 0.2) is 0 Å². The van der Waals surface area contributed by atoms with Crippen LogP contribution in [0.1, 0.15) is 17.5 Å². The van der Waals surface area contributed by atoms with Gasteiger partial charge in [0.25, 0.3) is 0 Å². The monoisotopic (exact) mass is 262 g/mol. The number of urea groups is 1. The summed E-state index contributed by atoms with van der Waals surface area (Å²) in [5, 5.41) is 13.1. The minimum atomic E-state index is -0.302. The molecule has 1 heterocycles. The first-order chi connectivity index (χ1) is 9.08. The van der Waals surface area contributed by atoms with E-state index in [0.29, 0.717) is 24.5 Å². The summed E-state index contributed by atoms with van der Waals surface area (Å²) < 4.78 is 5.19. The van der Waals surface area contributed by atoms with Gasteiger partial charge in [-0.3, -0.25) is 5.41 Å². The van der Waals surface area contributed by atoms with Gasteiger partial charge in [-0.05, 0) is 25.0 Å². The van der Waals surface area contributed by atoms with Crippen molar-refractivity contribution in [1.82, 2.24) is 5.32 Å². The maximum atomic E-state index is 11.9. The number of anilines is 1. The molecule has 0 aliphatic carbocycles. The molecule has 0 radical (unpaired) electrons. The topological polar surface area (TPSA) is 100 Å². The first-order valence-corrected chi connectivity index (χ1v) is 6.17. The van der Waals surface area contributed by atoms with Crippen LogP contribution in [0, 0.1) is 12.3 Å². The first kappa shape index (κ1) is 13.4. The maximum absolute atomic E-state index is 11.9. The maximum Gasteiger partial charge on any atom is 0.319 e. The fraction of sp³-hybridized carbons (Fsp3) is 0.385. The highest BCUT2D eigenvalue weighted by molar-refractivity contribution is 6.05. The molecule has 19 heavy (non-hydrogen) atoms. The average molecular weight is 262 g/mol. The molecule has 1 aromatic rings. The van der Waals surface area contributed by atoms with Gasteiger partial charge < -0.3 is 21.1 Å². The molecular formula is C13H18N4O2. The first-order valence-electron chi connectivity index (χ1n) is 6.17. The minimum absolute atomic E-state index is 0.0468. The van der Waals surface area contributed by atoms with Crippen LogP contribution in [0.2, 0.25) is 0 Å². The van der Waals surface area contributed by atoms with E-state index in [1.54, 1.807) is 6.07 Å². The Morgan fingerprint density at radius 1 is 1.53 bits per heavy atom. The van der Waals surface area contributed by atoms with Gasteiger partial charge in [0, 0.05) is 12.2 Å². The van der Waals surface area contributed by atoms with E-state index in [0.717, 1.165) is 12.0 Å². The molecule has 0 spiro atoms. The SMILES string of the molecule is Cc1cccc(NC(=O)NC2CCOC2)c1C(=N)N. The van der Waals surface area contributed by atoms with Crippen LogP contribution >= 0.6 is 0 Å². The predicted octanol–water partition coefficient (Wildman–Crippen LogP) is 1.19. The van der Waals surface area contributed by atoms with Crippen LogP contribution in [0.3, 0.4) is 0 Å². The molecule has 1 aliphatic heterocycles. The van der Waals surface area contributed by atoms with Crippen molar-refractivity contribution < 1.29 is 9.53 Å². The van der Waals surface area contributed by atoms with E-state index in [2.05, 4.69) is 10.6 Å². The van der Waals surface area contributed by atoms with E-state index in [1.807, 2.05) is 19.1 Å². The lowest BCUT2D eigenvalue weighted by Crippen LogP contribution is -2.38. The van der Waals surface area contributed by atoms with Crippen molar-refractivity contribution in [3.8, 4) is 0 Å². The number of nitrogens with two attached hydrogens (primary N) is 1. The van der Waals surface area contributed by atoms with E-state index in [-0.39, 0.29) is 17.9 Å². The highest BCUT2D eigenvalue weighted by Crippen LogP contribution is 2.18. The Labute approximate surface area is 111 Å². The van der Waals surface area contributed by atoms with Crippen molar-refractivity contribution in [1.29, 1.82) is 5.41 Å². The van der Waals surface area contributed by atoms with Crippen LogP contribution < -0.4 is 16.4 Å². The van der Waals surface area contributed by atoms with Crippen molar-refractivity contribution >= 4 is 17.6 Å². The summed E-state index contributed by atoms with van der Waals surface area (Å²) in [6.07, 6.45) is 0.820. The van der Waals surface area contributed by atoms with Gasteiger partial charge in [0.1, 0.15) is 5.84 Å². The number of ether oxygens (including phenoxy) is 1. The lowest BCUT2D eigenvalue weighted by molar-refractivity contribution is 0.189. The van der Waals surface area contributed by atoms with Crippen LogP contribution in [-0.2, 0) is 4.74 Å². The lowest BCUT2D eigenvalue weighted by Gasteiger charge is -2.15. The largest absolute Gasteiger partial charge is 0.384 e. The molecule has 1 atom stereocenters. The fourth-order valence-corrected chi connectivity index (χ4v) is 2.12. The molecule has 1 aromatic carbocycles. The van der Waals surface area contributed by atoms with Gasteiger partial charge in [-0.25, -0.2) is 4.79 Å². The zero-order chi connectivity index (χ0) is 13.8. The number of carbonyl (C=O) groups excluding carboxylic acids is 1. The van der Waals surface area contributed by atoms with Gasteiger partial charge in [-0.1, -0.05) is 12.1 Å². The molecule has 6 nitrogen and oxygen atoms in total. The molecule has 1 unspecified atom stereocenters. The van der Waals surface area contributed by atoms with Gasteiger partial charge in [-0.15, -0.1) is 0 Å². The van der Waals surface area contributed by atoms with Gasteiger partial charge in [-0.2, -0.15) is 0 Å². The van der Waals surface area contributed by atoms with Crippen LogP contribution in [0.25, 0.3) is 0 Å². The second-order valence-electron chi connectivity index (χ2n) is 4.57.